The van der Waals surface area contributed by atoms with Crippen LogP contribution in [0.25, 0.3) is 0 Å². The highest BCUT2D eigenvalue weighted by Gasteiger charge is 2.19. The molecule has 0 unspecified atom stereocenters. The molecule has 10 heteroatoms. The summed E-state index contributed by atoms with van der Waals surface area (Å²) in [4.78, 5) is 33.1. The Balaban J connectivity index is 3.37. The van der Waals surface area contributed by atoms with Crippen LogP contribution >= 0.6 is 15.9 Å². The van der Waals surface area contributed by atoms with Gasteiger partial charge in [0.25, 0.3) is 5.69 Å². The van der Waals surface area contributed by atoms with Crippen molar-refractivity contribution >= 4 is 39.2 Å². The van der Waals surface area contributed by atoms with Gasteiger partial charge in [0.1, 0.15) is 11.8 Å². The summed E-state index contributed by atoms with van der Waals surface area (Å²) in [6.45, 7) is 0. The summed E-state index contributed by atoms with van der Waals surface area (Å²) in [5.74, 6) is -1.71. The summed E-state index contributed by atoms with van der Waals surface area (Å²) in [6.07, 6.45) is 0.834. The molecule has 0 amide bonds. The van der Waals surface area contributed by atoms with Gasteiger partial charge in [0.2, 0.25) is 0 Å². The van der Waals surface area contributed by atoms with Gasteiger partial charge in [-0.25, -0.2) is 9.59 Å². The van der Waals surface area contributed by atoms with Gasteiger partial charge < -0.3 is 14.8 Å². The number of non-ortho nitro benzene ring substituents is 1. The van der Waals surface area contributed by atoms with Gasteiger partial charge in [-0.2, -0.15) is 5.26 Å². The maximum absolute atomic E-state index is 11.7. The fourth-order valence-electron chi connectivity index (χ4n) is 1.48. The Morgan fingerprint density at radius 2 is 2.04 bits per heavy atom. The fraction of sp³-hybridized carbons (Fsp3) is 0.154. The molecule has 0 spiro atoms. The van der Waals surface area contributed by atoms with E-state index in [0.717, 1.165) is 32.4 Å². The molecule has 1 N–H and O–H groups in total. The minimum absolute atomic E-state index is 0.0682. The number of nitro benzene ring substituents is 1. The van der Waals surface area contributed by atoms with E-state index < -0.39 is 16.9 Å². The molecule has 0 fully saturated rings. The SMILES string of the molecule is COC(=O)/C=C(/Nc1c(Br)cc([N+](=O)[O-])cc1C#N)C(=O)OC. The van der Waals surface area contributed by atoms with E-state index in [0.29, 0.717) is 0 Å². The first-order chi connectivity index (χ1) is 10.8. The largest absolute Gasteiger partial charge is 0.466 e. The summed E-state index contributed by atoms with van der Waals surface area (Å²) in [7, 11) is 2.22. The van der Waals surface area contributed by atoms with Crippen LogP contribution in [0.3, 0.4) is 0 Å². The summed E-state index contributed by atoms with van der Waals surface area (Å²) in [5.41, 5.74) is -0.648. The molecule has 0 bridgehead atoms. The van der Waals surface area contributed by atoms with Crippen LogP contribution in [0, 0.1) is 21.4 Å². The van der Waals surface area contributed by atoms with Gasteiger partial charge in [-0.15, -0.1) is 0 Å². The van der Waals surface area contributed by atoms with Crippen LogP contribution in [0.2, 0.25) is 0 Å². The minimum atomic E-state index is -0.885. The van der Waals surface area contributed by atoms with E-state index in [1.165, 1.54) is 0 Å². The van der Waals surface area contributed by atoms with Crippen molar-refractivity contribution in [2.45, 2.75) is 0 Å². The third-order valence-electron chi connectivity index (χ3n) is 2.53. The summed E-state index contributed by atoms with van der Waals surface area (Å²) < 4.78 is 9.10. The summed E-state index contributed by atoms with van der Waals surface area (Å²) in [5, 5.41) is 22.5. The molecule has 0 saturated heterocycles. The Hall–Kier alpha value is -2.93. The van der Waals surface area contributed by atoms with Gasteiger partial charge in [-0.1, -0.05) is 0 Å². The van der Waals surface area contributed by atoms with Crippen LogP contribution in [0.5, 0.6) is 0 Å². The number of nitriles is 1. The second-order valence-corrected chi connectivity index (χ2v) is 4.77. The Labute approximate surface area is 138 Å². The number of hydrogen-bond acceptors (Lipinski definition) is 8. The molecule has 1 aromatic carbocycles. The zero-order chi connectivity index (χ0) is 17.6. The van der Waals surface area contributed by atoms with E-state index >= 15 is 0 Å². The van der Waals surface area contributed by atoms with Crippen LogP contribution in [0.4, 0.5) is 11.4 Å². The van der Waals surface area contributed by atoms with E-state index in [1.54, 1.807) is 6.07 Å². The fourth-order valence-corrected chi connectivity index (χ4v) is 2.03. The molecular formula is C13H10BrN3O6. The predicted octanol–water partition coefficient (Wildman–Crippen LogP) is 1.87. The van der Waals surface area contributed by atoms with Crippen molar-refractivity contribution in [1.29, 1.82) is 5.26 Å². The highest BCUT2D eigenvalue weighted by Crippen LogP contribution is 2.32. The number of rotatable bonds is 5. The number of nitrogens with one attached hydrogen (secondary N) is 1. The zero-order valence-corrected chi connectivity index (χ0v) is 13.5. The summed E-state index contributed by atoms with van der Waals surface area (Å²) in [6, 6.07) is 3.95. The van der Waals surface area contributed by atoms with E-state index in [2.05, 4.69) is 30.7 Å². The number of esters is 2. The van der Waals surface area contributed by atoms with Gasteiger partial charge in [0, 0.05) is 16.6 Å². The average molecular weight is 384 g/mol. The molecule has 0 heterocycles. The first-order valence-corrected chi connectivity index (χ1v) is 6.66. The molecule has 9 nitrogen and oxygen atoms in total. The van der Waals surface area contributed by atoms with Crippen molar-refractivity contribution in [3.63, 3.8) is 0 Å². The molecule has 1 aromatic rings. The van der Waals surface area contributed by atoms with Crippen molar-refractivity contribution in [3.05, 3.63) is 44.1 Å². The number of carbonyl (C=O) groups is 2. The van der Waals surface area contributed by atoms with Gasteiger partial charge in [0.15, 0.2) is 0 Å². The van der Waals surface area contributed by atoms with Crippen molar-refractivity contribution in [2.24, 2.45) is 0 Å². The highest BCUT2D eigenvalue weighted by molar-refractivity contribution is 9.10. The smallest absolute Gasteiger partial charge is 0.354 e. The van der Waals surface area contributed by atoms with Crippen LogP contribution < -0.4 is 5.32 Å². The normalized spacial score (nSPS) is 10.4. The lowest BCUT2D eigenvalue weighted by atomic mass is 10.1. The van der Waals surface area contributed by atoms with Crippen LogP contribution in [-0.4, -0.2) is 31.1 Å². The summed E-state index contributed by atoms with van der Waals surface area (Å²) >= 11 is 3.08. The number of carbonyl (C=O) groups excluding carboxylic acids is 2. The standard InChI is InChI=1S/C13H10BrN3O6/c1-22-11(18)5-10(13(19)23-2)16-12-7(6-15)3-8(17(20)21)4-9(12)14/h3-5,16H,1-2H3/b10-5+. The molecule has 0 atom stereocenters. The Morgan fingerprint density at radius 3 is 2.52 bits per heavy atom. The lowest BCUT2D eigenvalue weighted by molar-refractivity contribution is -0.384. The first-order valence-electron chi connectivity index (χ1n) is 5.87. The molecule has 0 aliphatic rings. The number of benzene rings is 1. The molecule has 0 aliphatic heterocycles. The van der Waals surface area contributed by atoms with E-state index in [1.807, 2.05) is 0 Å². The number of nitro groups is 1. The molecule has 0 saturated carbocycles. The molecule has 1 rings (SSSR count). The Morgan fingerprint density at radius 1 is 1.39 bits per heavy atom. The van der Waals surface area contributed by atoms with Crippen LogP contribution in [-0.2, 0) is 19.1 Å². The third kappa shape index (κ3) is 4.52. The number of halogens is 1. The first kappa shape index (κ1) is 18.1. The van der Waals surface area contributed by atoms with Crippen molar-refractivity contribution < 1.29 is 24.0 Å². The Kier molecular flexibility index (Phi) is 6.23. The maximum atomic E-state index is 11.7. The number of methoxy groups -OCH3 is 2. The third-order valence-corrected chi connectivity index (χ3v) is 3.16. The number of nitrogens with zero attached hydrogens (tertiary/aromatic N) is 2. The van der Waals surface area contributed by atoms with Crippen LogP contribution in [0.15, 0.2) is 28.4 Å². The zero-order valence-electron chi connectivity index (χ0n) is 12.0. The maximum Gasteiger partial charge on any atom is 0.354 e. The molecule has 0 aliphatic carbocycles. The van der Waals surface area contributed by atoms with Crippen molar-refractivity contribution in [1.82, 2.24) is 0 Å². The molecule has 23 heavy (non-hydrogen) atoms. The highest BCUT2D eigenvalue weighted by atomic mass is 79.9. The van der Waals surface area contributed by atoms with Gasteiger partial charge >= 0.3 is 11.9 Å². The topological polar surface area (TPSA) is 132 Å². The predicted molar refractivity (Wildman–Crippen MR) is 81.2 cm³/mol. The van der Waals surface area contributed by atoms with Gasteiger partial charge in [-0.3, -0.25) is 10.1 Å². The molecule has 120 valence electrons. The number of hydrogen-bond donors (Lipinski definition) is 1. The van der Waals surface area contributed by atoms with Gasteiger partial charge in [-0.05, 0) is 15.9 Å². The van der Waals surface area contributed by atoms with E-state index in [9.17, 15) is 19.7 Å². The van der Waals surface area contributed by atoms with Gasteiger partial charge in [0.05, 0.1) is 36.5 Å². The lowest BCUT2D eigenvalue weighted by Crippen LogP contribution is -2.16. The number of ether oxygens (including phenoxy) is 2. The lowest BCUT2D eigenvalue weighted by Gasteiger charge is -2.12. The molecular weight excluding hydrogens is 374 g/mol. The molecule has 0 aromatic heterocycles. The molecule has 0 radical (unpaired) electrons. The monoisotopic (exact) mass is 383 g/mol. The second kappa shape index (κ2) is 7.90. The van der Waals surface area contributed by atoms with Crippen molar-refractivity contribution in [2.75, 3.05) is 19.5 Å². The second-order valence-electron chi connectivity index (χ2n) is 3.92. The van der Waals surface area contributed by atoms with E-state index in [-0.39, 0.29) is 27.1 Å². The quantitative estimate of drug-likeness (QED) is 0.352. The van der Waals surface area contributed by atoms with Crippen molar-refractivity contribution in [3.8, 4) is 6.07 Å². The number of anilines is 1. The Bertz CT molecular complexity index is 738. The van der Waals surface area contributed by atoms with Crippen LogP contribution in [0.1, 0.15) is 5.56 Å². The minimum Gasteiger partial charge on any atom is -0.466 e. The average Bonchev–Trinajstić information content (AvgIpc) is 2.54. The van der Waals surface area contributed by atoms with E-state index in [4.69, 9.17) is 5.26 Å².